The van der Waals surface area contributed by atoms with Crippen LogP contribution in [0.25, 0.3) is 0 Å². The lowest BCUT2D eigenvalue weighted by atomic mass is 10.1. The second-order valence-electron chi connectivity index (χ2n) is 6.73. The van der Waals surface area contributed by atoms with Crippen molar-refractivity contribution in [3.63, 3.8) is 0 Å². The van der Waals surface area contributed by atoms with Crippen LogP contribution in [0.15, 0.2) is 48.5 Å². The third-order valence-electron chi connectivity index (χ3n) is 4.71. The lowest BCUT2D eigenvalue weighted by Crippen LogP contribution is -2.53. The van der Waals surface area contributed by atoms with Crippen LogP contribution in [0.1, 0.15) is 11.1 Å². The van der Waals surface area contributed by atoms with Crippen molar-refractivity contribution < 1.29 is 32.9 Å². The quantitative estimate of drug-likeness (QED) is 0.372. The van der Waals surface area contributed by atoms with Crippen LogP contribution >= 0.6 is 11.6 Å². The van der Waals surface area contributed by atoms with Crippen molar-refractivity contribution in [3.05, 3.63) is 64.7 Å². The molecule has 2 aromatic carbocycles. The van der Waals surface area contributed by atoms with Crippen LogP contribution in [0.4, 0.5) is 13.2 Å². The van der Waals surface area contributed by atoms with Gasteiger partial charge < -0.3 is 10.1 Å². The minimum Gasteiger partial charge on any atom is -0.462 e. The predicted molar refractivity (Wildman–Crippen MR) is 104 cm³/mol. The van der Waals surface area contributed by atoms with E-state index in [4.69, 9.17) is 21.6 Å². The Balaban J connectivity index is 1.90. The second kappa shape index (κ2) is 9.81. The van der Waals surface area contributed by atoms with Gasteiger partial charge in [0.2, 0.25) is 6.35 Å². The molecule has 8 nitrogen and oxygen atoms in total. The molecule has 2 aromatic rings. The minimum absolute atomic E-state index is 0.0391. The Hall–Kier alpha value is -2.41. The van der Waals surface area contributed by atoms with Crippen molar-refractivity contribution in [1.82, 2.24) is 21.0 Å². The Bertz CT molecular complexity index is 900. The zero-order valence-corrected chi connectivity index (χ0v) is 16.9. The average Bonchev–Trinajstić information content (AvgIpc) is 3.06. The molecule has 1 fully saturated rings. The zero-order chi connectivity index (χ0) is 22.6. The van der Waals surface area contributed by atoms with Crippen molar-refractivity contribution in [1.29, 1.82) is 0 Å². The standard InChI is InChI=1S/C19H20ClF3N4O4/c1-24-16-15(17(28)26-31-29)27(10-11-5-7-13(20)8-6-11)18(25-16)30-14-4-2-3-12(9-14)19(21,22)23/h2-9,15-16,18,24-25,29H,10H2,1H3,(H,26,28). The molecule has 1 aliphatic rings. The molecule has 0 bridgehead atoms. The Labute approximate surface area is 180 Å². The van der Waals surface area contributed by atoms with E-state index >= 15 is 0 Å². The molecule has 1 heterocycles. The van der Waals surface area contributed by atoms with Crippen molar-refractivity contribution in [3.8, 4) is 5.75 Å². The van der Waals surface area contributed by atoms with Gasteiger partial charge in [0.25, 0.3) is 5.91 Å². The summed E-state index contributed by atoms with van der Waals surface area (Å²) in [7, 11) is 1.59. The van der Waals surface area contributed by atoms with E-state index in [1.165, 1.54) is 12.1 Å². The molecule has 31 heavy (non-hydrogen) atoms. The van der Waals surface area contributed by atoms with E-state index in [1.54, 1.807) is 36.2 Å². The number of carbonyl (C=O) groups is 1. The maximum Gasteiger partial charge on any atom is 0.416 e. The first-order valence-electron chi connectivity index (χ1n) is 9.10. The third kappa shape index (κ3) is 5.64. The van der Waals surface area contributed by atoms with E-state index in [2.05, 4.69) is 15.6 Å². The summed E-state index contributed by atoms with van der Waals surface area (Å²) < 4.78 is 44.9. The summed E-state index contributed by atoms with van der Waals surface area (Å²) in [4.78, 5) is 17.8. The molecule has 0 aliphatic carbocycles. The number of carbonyl (C=O) groups excluding carboxylic acids is 1. The Morgan fingerprint density at radius 3 is 2.58 bits per heavy atom. The molecule has 168 valence electrons. The molecule has 0 spiro atoms. The Kier molecular flexibility index (Phi) is 7.36. The average molecular weight is 461 g/mol. The number of hydrogen-bond donors (Lipinski definition) is 4. The van der Waals surface area contributed by atoms with Gasteiger partial charge in [0.1, 0.15) is 11.8 Å². The van der Waals surface area contributed by atoms with Crippen molar-refractivity contribution >= 4 is 17.5 Å². The lowest BCUT2D eigenvalue weighted by molar-refractivity contribution is -0.286. The number of rotatable bonds is 7. The number of nitrogens with one attached hydrogen (secondary N) is 3. The van der Waals surface area contributed by atoms with E-state index in [0.29, 0.717) is 5.02 Å². The molecule has 0 radical (unpaired) electrons. The highest BCUT2D eigenvalue weighted by Gasteiger charge is 2.46. The van der Waals surface area contributed by atoms with Crippen LogP contribution in [0.3, 0.4) is 0 Å². The van der Waals surface area contributed by atoms with Gasteiger partial charge in [-0.2, -0.15) is 13.2 Å². The maximum absolute atomic E-state index is 13.1. The monoisotopic (exact) mass is 460 g/mol. The highest BCUT2D eigenvalue weighted by atomic mass is 35.5. The van der Waals surface area contributed by atoms with Gasteiger partial charge in [0, 0.05) is 11.6 Å². The molecule has 12 heteroatoms. The molecule has 4 N–H and O–H groups in total. The summed E-state index contributed by atoms with van der Waals surface area (Å²) in [6.45, 7) is 0.176. The topological polar surface area (TPSA) is 95.1 Å². The van der Waals surface area contributed by atoms with E-state index in [0.717, 1.165) is 17.7 Å². The molecular formula is C19H20ClF3N4O4. The van der Waals surface area contributed by atoms with Gasteiger partial charge in [0.05, 0.1) is 11.7 Å². The van der Waals surface area contributed by atoms with Crippen molar-refractivity contribution in [2.45, 2.75) is 31.3 Å². The SMILES string of the molecule is CNC1NC(Oc2cccc(C(F)(F)F)c2)N(Cc2ccc(Cl)cc2)C1C(=O)NOO. The van der Waals surface area contributed by atoms with Crippen LogP contribution in [-0.2, 0) is 22.5 Å². The second-order valence-corrected chi connectivity index (χ2v) is 7.17. The number of likely N-dealkylation sites (N-methyl/N-ethyl adjacent to an activating group) is 1. The fraction of sp³-hybridized carbons (Fsp3) is 0.316. The number of nitrogens with zero attached hydrogens (tertiary/aromatic N) is 1. The zero-order valence-electron chi connectivity index (χ0n) is 16.2. The highest BCUT2D eigenvalue weighted by molar-refractivity contribution is 6.30. The first-order valence-corrected chi connectivity index (χ1v) is 9.48. The summed E-state index contributed by atoms with van der Waals surface area (Å²) in [5.41, 5.74) is 1.77. The lowest BCUT2D eigenvalue weighted by Gasteiger charge is -2.28. The van der Waals surface area contributed by atoms with Crippen LogP contribution in [0.5, 0.6) is 5.75 Å². The maximum atomic E-state index is 13.1. The summed E-state index contributed by atoms with van der Waals surface area (Å²) in [5.74, 6) is -0.735. The van der Waals surface area contributed by atoms with Crippen LogP contribution in [-0.4, -0.2) is 41.7 Å². The number of ether oxygens (including phenoxy) is 1. The molecule has 3 rings (SSSR count). The van der Waals surface area contributed by atoms with Gasteiger partial charge in [-0.25, -0.2) is 15.6 Å². The number of halogens is 4. The molecular weight excluding hydrogens is 441 g/mol. The first kappa shape index (κ1) is 23.3. The van der Waals surface area contributed by atoms with Gasteiger partial charge in [0.15, 0.2) is 0 Å². The summed E-state index contributed by atoms with van der Waals surface area (Å²) >= 11 is 5.92. The summed E-state index contributed by atoms with van der Waals surface area (Å²) in [5, 5.41) is 15.1. The largest absolute Gasteiger partial charge is 0.462 e. The van der Waals surface area contributed by atoms with Gasteiger partial charge >= 0.3 is 6.18 Å². The first-order chi connectivity index (χ1) is 14.7. The Morgan fingerprint density at radius 1 is 1.26 bits per heavy atom. The Morgan fingerprint density at radius 2 is 1.97 bits per heavy atom. The van der Waals surface area contributed by atoms with E-state index in [-0.39, 0.29) is 12.3 Å². The predicted octanol–water partition coefficient (Wildman–Crippen LogP) is 2.56. The summed E-state index contributed by atoms with van der Waals surface area (Å²) in [6, 6.07) is 10.3. The smallest absolute Gasteiger partial charge is 0.416 e. The number of amides is 1. The number of hydroxylamine groups is 1. The number of alkyl halides is 3. The molecule has 1 saturated heterocycles. The fourth-order valence-electron chi connectivity index (χ4n) is 3.28. The minimum atomic E-state index is -4.53. The number of hydrogen-bond acceptors (Lipinski definition) is 7. The molecule has 3 unspecified atom stereocenters. The molecule has 1 aliphatic heterocycles. The van der Waals surface area contributed by atoms with Crippen molar-refractivity contribution in [2.75, 3.05) is 7.05 Å². The van der Waals surface area contributed by atoms with E-state index in [1.807, 2.05) is 5.48 Å². The normalized spacial score (nSPS) is 21.8. The molecule has 3 atom stereocenters. The van der Waals surface area contributed by atoms with Gasteiger partial charge in [-0.15, -0.1) is 4.99 Å². The molecule has 0 saturated carbocycles. The molecule has 1 amide bonds. The molecule has 0 aromatic heterocycles. The van der Waals surface area contributed by atoms with Gasteiger partial charge in [-0.05, 0) is 42.9 Å². The van der Waals surface area contributed by atoms with Crippen LogP contribution < -0.4 is 20.9 Å². The number of benzene rings is 2. The van der Waals surface area contributed by atoms with E-state index in [9.17, 15) is 18.0 Å². The summed E-state index contributed by atoms with van der Waals surface area (Å²) in [6.07, 6.45) is -6.18. The third-order valence-corrected chi connectivity index (χ3v) is 4.96. The van der Waals surface area contributed by atoms with Crippen molar-refractivity contribution in [2.24, 2.45) is 0 Å². The van der Waals surface area contributed by atoms with Crippen LogP contribution in [0.2, 0.25) is 5.02 Å². The highest BCUT2D eigenvalue weighted by Crippen LogP contribution is 2.32. The fourth-order valence-corrected chi connectivity index (χ4v) is 3.41. The van der Waals surface area contributed by atoms with Crippen LogP contribution in [0, 0.1) is 0 Å². The van der Waals surface area contributed by atoms with Gasteiger partial charge in [-0.3, -0.25) is 10.1 Å². The van der Waals surface area contributed by atoms with E-state index < -0.39 is 36.2 Å². The van der Waals surface area contributed by atoms with Gasteiger partial charge in [-0.1, -0.05) is 29.8 Å².